The van der Waals surface area contributed by atoms with Crippen LogP contribution in [-0.2, 0) is 9.53 Å². The lowest BCUT2D eigenvalue weighted by Gasteiger charge is -2.36. The predicted octanol–water partition coefficient (Wildman–Crippen LogP) is 2.50. The van der Waals surface area contributed by atoms with E-state index in [1.165, 1.54) is 31.0 Å². The molecule has 0 saturated carbocycles. The molecule has 0 aliphatic carbocycles. The summed E-state index contributed by atoms with van der Waals surface area (Å²) in [4.78, 5) is 12.2. The van der Waals surface area contributed by atoms with Gasteiger partial charge in [-0.25, -0.2) is 4.79 Å². The van der Waals surface area contributed by atoms with Gasteiger partial charge in [0.25, 0.3) is 5.88 Å². The van der Waals surface area contributed by atoms with E-state index in [-0.39, 0.29) is 17.9 Å². The van der Waals surface area contributed by atoms with Gasteiger partial charge < -0.3 is 15.2 Å². The summed E-state index contributed by atoms with van der Waals surface area (Å²) in [6, 6.07) is -0.332. The second-order valence-corrected chi connectivity index (χ2v) is 8.82. The Morgan fingerprint density at radius 3 is 2.82 bits per heavy atom. The van der Waals surface area contributed by atoms with Crippen LogP contribution in [0.4, 0.5) is 0 Å². The van der Waals surface area contributed by atoms with Crippen LogP contribution < -0.4 is 10.5 Å². The molecule has 1 aliphatic rings. The lowest BCUT2D eigenvalue weighted by atomic mass is 10.1. The summed E-state index contributed by atoms with van der Waals surface area (Å²) >= 11 is 1.19. The third kappa shape index (κ3) is 6.53. The summed E-state index contributed by atoms with van der Waals surface area (Å²) in [5, 5.41) is 0. The molecule has 7 nitrogen and oxygen atoms in total. The standard InChI is InChI=1S/C20H35N4O3S/c1-5-6-7-8-12-26-19-18(22-28-23-19)16-10-9-11-24(4,13-16)14-27-20(25)17(21)15(2)3/h10,15,17H,5-9,11-14,21H2,1-4H3/q+1/p+1/t17-,24?/m0/s1. The topological polar surface area (TPSA) is 89.0 Å². The number of likely N-dealkylation sites (N-methyl/N-ethyl adjacent to an activating group) is 1. The second-order valence-electron chi connectivity index (χ2n) is 8.29. The summed E-state index contributed by atoms with van der Waals surface area (Å²) in [7, 11) is 2.11. The summed E-state index contributed by atoms with van der Waals surface area (Å²) < 4.78 is 20.9. The van der Waals surface area contributed by atoms with Gasteiger partial charge in [0.1, 0.15) is 12.2 Å². The van der Waals surface area contributed by atoms with E-state index >= 15 is 0 Å². The third-order valence-electron chi connectivity index (χ3n) is 5.24. The van der Waals surface area contributed by atoms with Crippen molar-refractivity contribution in [3.63, 3.8) is 0 Å². The number of aromatic nitrogens is 2. The molecular weight excluding hydrogens is 376 g/mol. The van der Waals surface area contributed by atoms with Gasteiger partial charge in [-0.3, -0.25) is 4.48 Å². The normalized spacial score (nSPS) is 20.7. The van der Waals surface area contributed by atoms with Gasteiger partial charge in [-0.2, -0.15) is 4.37 Å². The molecule has 0 aromatic carbocycles. The van der Waals surface area contributed by atoms with Crippen molar-refractivity contribution in [1.82, 2.24) is 8.75 Å². The Hall–Kier alpha value is -1.51. The highest BCUT2D eigenvalue weighted by Gasteiger charge is 2.32. The minimum Gasteiger partial charge on any atom is -0.475 e. The van der Waals surface area contributed by atoms with E-state index in [0.717, 1.165) is 37.2 Å². The molecule has 1 aromatic heterocycles. The fourth-order valence-corrected chi connectivity index (χ4v) is 3.69. The van der Waals surface area contributed by atoms with Crippen molar-refractivity contribution in [2.24, 2.45) is 5.92 Å². The lowest BCUT2D eigenvalue weighted by Crippen LogP contribution is -2.68. The summed E-state index contributed by atoms with van der Waals surface area (Å²) in [5.74, 6) is 0.584. The Morgan fingerprint density at radius 1 is 1.32 bits per heavy atom. The minimum atomic E-state index is -0.332. The number of carbonyl (C=O) groups is 1. The monoisotopic (exact) mass is 412 g/mol. The van der Waals surface area contributed by atoms with Crippen LogP contribution in [-0.4, -0.2) is 58.7 Å². The van der Waals surface area contributed by atoms with Gasteiger partial charge in [0.2, 0.25) is 6.73 Å². The number of hydrogen-bond donors (Lipinski definition) is 1. The van der Waals surface area contributed by atoms with E-state index < -0.39 is 0 Å². The number of hydrogen-bond acceptors (Lipinski definition) is 6. The second kappa shape index (κ2) is 10.9. The molecule has 3 N–H and O–H groups in total. The molecule has 0 fully saturated rings. The average Bonchev–Trinajstić information content (AvgIpc) is 3.14. The van der Waals surface area contributed by atoms with Crippen LogP contribution in [0.25, 0.3) is 5.57 Å². The van der Waals surface area contributed by atoms with Gasteiger partial charge in [-0.1, -0.05) is 46.1 Å². The first kappa shape index (κ1) is 22.8. The van der Waals surface area contributed by atoms with Crippen molar-refractivity contribution in [1.29, 1.82) is 0 Å². The lowest BCUT2D eigenvalue weighted by molar-refractivity contribution is -0.919. The SMILES string of the molecule is CCCCCCOc1nsnc1C1=CCC[N+](C)(COC(=O)[C@@H]([NH3+])C(C)C)C1. The number of nitrogens with zero attached hydrogens (tertiary/aromatic N) is 3. The van der Waals surface area contributed by atoms with E-state index in [1.807, 2.05) is 13.8 Å². The first-order valence-electron chi connectivity index (χ1n) is 10.3. The van der Waals surface area contributed by atoms with Crippen LogP contribution in [0.3, 0.4) is 0 Å². The highest BCUT2D eigenvalue weighted by atomic mass is 32.1. The minimum absolute atomic E-state index is 0.174. The van der Waals surface area contributed by atoms with E-state index in [4.69, 9.17) is 9.47 Å². The van der Waals surface area contributed by atoms with Gasteiger partial charge in [0.15, 0.2) is 6.04 Å². The van der Waals surface area contributed by atoms with Crippen LogP contribution in [0.2, 0.25) is 0 Å². The van der Waals surface area contributed by atoms with Crippen molar-refractivity contribution < 1.29 is 24.5 Å². The van der Waals surface area contributed by atoms with Crippen LogP contribution in [0.5, 0.6) is 5.88 Å². The molecule has 2 atom stereocenters. The molecule has 2 rings (SSSR count). The van der Waals surface area contributed by atoms with E-state index in [0.29, 0.717) is 23.7 Å². The molecule has 2 heterocycles. The van der Waals surface area contributed by atoms with Crippen LogP contribution in [0.1, 0.15) is 58.6 Å². The van der Waals surface area contributed by atoms with Crippen LogP contribution in [0, 0.1) is 5.92 Å². The van der Waals surface area contributed by atoms with E-state index in [2.05, 4.69) is 34.5 Å². The van der Waals surface area contributed by atoms with Crippen molar-refractivity contribution in [2.45, 2.75) is 58.9 Å². The van der Waals surface area contributed by atoms with Crippen LogP contribution in [0.15, 0.2) is 6.08 Å². The Balaban J connectivity index is 1.93. The summed E-state index contributed by atoms with van der Waals surface area (Å²) in [6.45, 7) is 8.85. The maximum absolute atomic E-state index is 12.2. The Bertz CT molecular complexity index is 662. The van der Waals surface area contributed by atoms with Crippen molar-refractivity contribution >= 4 is 23.3 Å². The molecule has 1 aromatic rings. The fraction of sp³-hybridized carbons (Fsp3) is 0.750. The van der Waals surface area contributed by atoms with Crippen LogP contribution >= 0.6 is 11.7 Å². The molecular formula is C20H36N4O3S+2. The Labute approximate surface area is 172 Å². The maximum Gasteiger partial charge on any atom is 0.369 e. The van der Waals surface area contributed by atoms with Gasteiger partial charge in [0.05, 0.1) is 31.9 Å². The first-order valence-corrected chi connectivity index (χ1v) is 11.1. The number of rotatable bonds is 11. The summed E-state index contributed by atoms with van der Waals surface area (Å²) in [6.07, 6.45) is 7.78. The predicted molar refractivity (Wildman–Crippen MR) is 111 cm³/mol. The largest absolute Gasteiger partial charge is 0.475 e. The molecule has 158 valence electrons. The molecule has 0 bridgehead atoms. The Kier molecular flexibility index (Phi) is 8.85. The molecule has 0 amide bonds. The molecule has 0 saturated heterocycles. The molecule has 8 heteroatoms. The maximum atomic E-state index is 12.2. The van der Waals surface area contributed by atoms with E-state index in [9.17, 15) is 4.79 Å². The highest BCUT2D eigenvalue weighted by molar-refractivity contribution is 6.99. The molecule has 28 heavy (non-hydrogen) atoms. The van der Waals surface area contributed by atoms with Crippen molar-refractivity contribution in [2.75, 3.05) is 33.5 Å². The van der Waals surface area contributed by atoms with Crippen molar-refractivity contribution in [3.05, 3.63) is 11.8 Å². The van der Waals surface area contributed by atoms with E-state index in [1.54, 1.807) is 0 Å². The quantitative estimate of drug-likeness (QED) is 0.343. The number of esters is 1. The first-order chi connectivity index (χ1) is 13.4. The molecule has 0 spiro atoms. The molecule has 1 aliphatic heterocycles. The van der Waals surface area contributed by atoms with Gasteiger partial charge in [-0.15, -0.1) is 4.37 Å². The molecule has 0 radical (unpaired) electrons. The Morgan fingerprint density at radius 2 is 2.11 bits per heavy atom. The third-order valence-corrected chi connectivity index (χ3v) is 5.75. The number of ether oxygens (including phenoxy) is 2. The zero-order valence-corrected chi connectivity index (χ0v) is 18.6. The number of quaternary nitrogens is 2. The summed E-state index contributed by atoms with van der Waals surface area (Å²) in [5.41, 5.74) is 5.88. The van der Waals surface area contributed by atoms with Gasteiger partial charge in [0, 0.05) is 17.9 Å². The average molecular weight is 413 g/mol. The van der Waals surface area contributed by atoms with Gasteiger partial charge >= 0.3 is 5.97 Å². The smallest absolute Gasteiger partial charge is 0.369 e. The number of unbranched alkanes of at least 4 members (excludes halogenated alkanes) is 3. The van der Waals surface area contributed by atoms with Gasteiger partial charge in [-0.05, 0) is 6.42 Å². The highest BCUT2D eigenvalue weighted by Crippen LogP contribution is 2.30. The zero-order valence-electron chi connectivity index (χ0n) is 17.8. The zero-order chi connectivity index (χ0) is 20.6. The molecule has 1 unspecified atom stereocenters. The van der Waals surface area contributed by atoms with Crippen molar-refractivity contribution in [3.8, 4) is 5.88 Å². The fourth-order valence-electron chi connectivity index (χ4n) is 3.15. The number of carbonyl (C=O) groups excluding carboxylic acids is 1.